The Morgan fingerprint density at radius 2 is 2.05 bits per heavy atom. The quantitative estimate of drug-likeness (QED) is 0.818. The zero-order valence-electron chi connectivity index (χ0n) is 12.1. The molecule has 0 radical (unpaired) electrons. The van der Waals surface area contributed by atoms with Gasteiger partial charge in [0, 0.05) is 14.2 Å². The molecule has 0 aliphatic heterocycles. The first kappa shape index (κ1) is 14.7. The van der Waals surface area contributed by atoms with Gasteiger partial charge in [-0.3, -0.25) is 4.79 Å². The van der Waals surface area contributed by atoms with E-state index in [0.717, 1.165) is 12.8 Å². The minimum absolute atomic E-state index is 0.206. The van der Waals surface area contributed by atoms with Crippen molar-refractivity contribution >= 4 is 11.7 Å². The number of nitrogens with one attached hydrogen (secondary N) is 2. The second-order valence-corrected chi connectivity index (χ2v) is 5.05. The molecule has 1 aliphatic carbocycles. The van der Waals surface area contributed by atoms with E-state index in [1.807, 2.05) is 0 Å². The summed E-state index contributed by atoms with van der Waals surface area (Å²) >= 11 is 0. The van der Waals surface area contributed by atoms with Gasteiger partial charge in [-0.15, -0.1) is 10.2 Å². The Bertz CT molecular complexity index is 435. The van der Waals surface area contributed by atoms with Crippen LogP contribution in [-0.2, 0) is 4.74 Å². The monoisotopic (exact) mass is 278 g/mol. The third-order valence-corrected chi connectivity index (χ3v) is 3.71. The number of aromatic nitrogens is 2. The molecule has 110 valence electrons. The van der Waals surface area contributed by atoms with Gasteiger partial charge in [-0.2, -0.15) is 0 Å². The molecule has 1 amide bonds. The summed E-state index contributed by atoms with van der Waals surface area (Å²) in [6.45, 7) is 0. The summed E-state index contributed by atoms with van der Waals surface area (Å²) in [5, 5.41) is 13.9. The van der Waals surface area contributed by atoms with Crippen molar-refractivity contribution in [1.82, 2.24) is 15.5 Å². The highest BCUT2D eigenvalue weighted by molar-refractivity contribution is 5.91. The lowest BCUT2D eigenvalue weighted by Crippen LogP contribution is -2.34. The summed E-state index contributed by atoms with van der Waals surface area (Å²) in [6, 6.07) is 3.71. The van der Waals surface area contributed by atoms with Gasteiger partial charge >= 0.3 is 0 Å². The molecule has 1 aliphatic rings. The van der Waals surface area contributed by atoms with Gasteiger partial charge in [0.05, 0.1) is 12.1 Å². The average Bonchev–Trinajstić information content (AvgIpc) is 2.72. The van der Waals surface area contributed by atoms with Crippen molar-refractivity contribution in [2.45, 2.75) is 44.2 Å². The van der Waals surface area contributed by atoms with Crippen LogP contribution in [0.1, 0.15) is 42.6 Å². The highest BCUT2D eigenvalue weighted by Crippen LogP contribution is 2.22. The zero-order chi connectivity index (χ0) is 14.4. The number of ether oxygens (including phenoxy) is 1. The van der Waals surface area contributed by atoms with Gasteiger partial charge in [-0.25, -0.2) is 0 Å². The molecule has 0 bridgehead atoms. The summed E-state index contributed by atoms with van der Waals surface area (Å²) < 4.78 is 5.56. The number of nitrogens with zero attached hydrogens (tertiary/aromatic N) is 2. The second-order valence-electron chi connectivity index (χ2n) is 5.05. The number of carbonyl (C=O) groups excluding carboxylic acids is 1. The van der Waals surface area contributed by atoms with Gasteiger partial charge in [0.1, 0.15) is 5.82 Å². The smallest absolute Gasteiger partial charge is 0.271 e. The topological polar surface area (TPSA) is 76.1 Å². The molecule has 1 fully saturated rings. The summed E-state index contributed by atoms with van der Waals surface area (Å²) in [5.41, 5.74) is 0.321. The Hall–Kier alpha value is -1.69. The minimum Gasteiger partial charge on any atom is -0.379 e. The van der Waals surface area contributed by atoms with E-state index in [1.54, 1.807) is 26.3 Å². The van der Waals surface area contributed by atoms with Crippen molar-refractivity contribution in [3.8, 4) is 0 Å². The number of hydrogen-bond donors (Lipinski definition) is 2. The molecule has 20 heavy (non-hydrogen) atoms. The number of anilines is 1. The van der Waals surface area contributed by atoms with Crippen LogP contribution in [0.3, 0.4) is 0 Å². The van der Waals surface area contributed by atoms with E-state index < -0.39 is 0 Å². The van der Waals surface area contributed by atoms with E-state index in [-0.39, 0.29) is 18.1 Å². The normalized spacial score (nSPS) is 22.9. The molecular formula is C14H22N4O2. The Kier molecular flexibility index (Phi) is 5.29. The van der Waals surface area contributed by atoms with Gasteiger partial charge in [0.2, 0.25) is 0 Å². The molecule has 0 unspecified atom stereocenters. The first-order valence-electron chi connectivity index (χ1n) is 7.09. The summed E-state index contributed by atoms with van der Waals surface area (Å²) in [6.07, 6.45) is 5.99. The fourth-order valence-electron chi connectivity index (χ4n) is 2.57. The lowest BCUT2D eigenvalue weighted by atomic mass is 10.1. The minimum atomic E-state index is -0.228. The number of hydrogen-bond acceptors (Lipinski definition) is 5. The van der Waals surface area contributed by atoms with Gasteiger partial charge in [-0.05, 0) is 25.0 Å². The van der Waals surface area contributed by atoms with Crippen molar-refractivity contribution in [2.75, 3.05) is 19.5 Å². The maximum Gasteiger partial charge on any atom is 0.271 e. The third kappa shape index (κ3) is 3.66. The SMILES string of the molecule is CNC(=O)c1ccc(N[C@@H]2CCCCC[C@H]2OC)nn1. The van der Waals surface area contributed by atoms with Crippen molar-refractivity contribution in [3.63, 3.8) is 0 Å². The fourth-order valence-corrected chi connectivity index (χ4v) is 2.57. The van der Waals surface area contributed by atoms with Crippen LogP contribution in [-0.4, -0.2) is 42.4 Å². The van der Waals surface area contributed by atoms with Gasteiger partial charge in [-0.1, -0.05) is 19.3 Å². The van der Waals surface area contributed by atoms with Crippen molar-refractivity contribution in [1.29, 1.82) is 0 Å². The Morgan fingerprint density at radius 1 is 1.25 bits per heavy atom. The molecule has 6 heteroatoms. The van der Waals surface area contributed by atoms with Crippen LogP contribution in [0.2, 0.25) is 0 Å². The number of methoxy groups -OCH3 is 1. The fraction of sp³-hybridized carbons (Fsp3) is 0.643. The molecule has 2 atom stereocenters. The molecule has 0 saturated heterocycles. The molecule has 2 N–H and O–H groups in total. The number of carbonyl (C=O) groups is 1. The van der Waals surface area contributed by atoms with Gasteiger partial charge in [0.15, 0.2) is 5.69 Å². The molecule has 1 saturated carbocycles. The third-order valence-electron chi connectivity index (χ3n) is 3.71. The highest BCUT2D eigenvalue weighted by atomic mass is 16.5. The molecule has 6 nitrogen and oxygen atoms in total. The maximum absolute atomic E-state index is 11.4. The average molecular weight is 278 g/mol. The number of amides is 1. The Labute approximate surface area is 119 Å². The molecule has 1 aromatic heterocycles. The van der Waals surface area contributed by atoms with E-state index in [9.17, 15) is 4.79 Å². The van der Waals surface area contributed by atoms with Crippen LogP contribution in [0.5, 0.6) is 0 Å². The standard InChI is InChI=1S/C14H22N4O2/c1-15-14(19)11-8-9-13(18-17-11)16-10-6-4-3-5-7-12(10)20-2/h8-10,12H,3-7H2,1-2H3,(H,15,19)(H,16,18)/t10-,12-/m1/s1. The summed E-state index contributed by atoms with van der Waals surface area (Å²) in [7, 11) is 3.33. The van der Waals surface area contributed by atoms with E-state index in [2.05, 4.69) is 20.8 Å². The van der Waals surface area contributed by atoms with Crippen molar-refractivity contribution in [3.05, 3.63) is 17.8 Å². The first-order valence-corrected chi connectivity index (χ1v) is 7.09. The second kappa shape index (κ2) is 7.19. The van der Waals surface area contributed by atoms with Crippen LogP contribution in [0, 0.1) is 0 Å². The van der Waals surface area contributed by atoms with Crippen LogP contribution in [0.15, 0.2) is 12.1 Å². The molecule has 0 aromatic carbocycles. The van der Waals surface area contributed by atoms with Crippen LogP contribution < -0.4 is 10.6 Å². The molecule has 1 aromatic rings. The van der Waals surface area contributed by atoms with Crippen molar-refractivity contribution < 1.29 is 9.53 Å². The lowest BCUT2D eigenvalue weighted by Gasteiger charge is -2.25. The zero-order valence-corrected chi connectivity index (χ0v) is 12.1. The molecule has 1 heterocycles. The molecule has 2 rings (SSSR count). The number of rotatable bonds is 4. The van der Waals surface area contributed by atoms with Crippen LogP contribution in [0.25, 0.3) is 0 Å². The first-order chi connectivity index (χ1) is 9.74. The largest absolute Gasteiger partial charge is 0.379 e. The predicted molar refractivity (Wildman–Crippen MR) is 76.7 cm³/mol. The molecular weight excluding hydrogens is 256 g/mol. The lowest BCUT2D eigenvalue weighted by molar-refractivity contribution is 0.0805. The van der Waals surface area contributed by atoms with E-state index in [0.29, 0.717) is 11.5 Å². The van der Waals surface area contributed by atoms with E-state index in [1.165, 1.54) is 19.3 Å². The van der Waals surface area contributed by atoms with Gasteiger partial charge < -0.3 is 15.4 Å². The predicted octanol–water partition coefficient (Wildman–Crippen LogP) is 1.60. The Morgan fingerprint density at radius 3 is 2.70 bits per heavy atom. The Balaban J connectivity index is 2.02. The van der Waals surface area contributed by atoms with Crippen molar-refractivity contribution in [2.24, 2.45) is 0 Å². The van der Waals surface area contributed by atoms with Crippen LogP contribution in [0.4, 0.5) is 5.82 Å². The van der Waals surface area contributed by atoms with E-state index >= 15 is 0 Å². The van der Waals surface area contributed by atoms with Gasteiger partial charge in [0.25, 0.3) is 5.91 Å². The summed E-state index contributed by atoms with van der Waals surface area (Å²) in [4.78, 5) is 11.4. The summed E-state index contributed by atoms with van der Waals surface area (Å²) in [5.74, 6) is 0.458. The molecule has 0 spiro atoms. The van der Waals surface area contributed by atoms with E-state index in [4.69, 9.17) is 4.74 Å². The highest BCUT2D eigenvalue weighted by Gasteiger charge is 2.23. The maximum atomic E-state index is 11.4. The van der Waals surface area contributed by atoms with Crippen LogP contribution >= 0.6 is 0 Å².